The maximum absolute atomic E-state index is 12.3. The third-order valence-electron chi connectivity index (χ3n) is 2.76. The van der Waals surface area contributed by atoms with E-state index in [1.807, 2.05) is 20.2 Å². The number of nitrogens with zero attached hydrogens (tertiary/aromatic N) is 2. The van der Waals surface area contributed by atoms with E-state index in [-0.39, 0.29) is 11.9 Å². The number of thioether (sulfide) groups is 1. The summed E-state index contributed by atoms with van der Waals surface area (Å²) in [5, 5.41) is 3.87. The molecule has 0 radical (unpaired) electrons. The molecule has 19 heavy (non-hydrogen) atoms. The number of nitrogens with one attached hydrogen (secondary N) is 1. The van der Waals surface area contributed by atoms with Crippen LogP contribution >= 0.6 is 23.1 Å². The summed E-state index contributed by atoms with van der Waals surface area (Å²) < 4.78 is 0. The fourth-order valence-electron chi connectivity index (χ4n) is 1.51. The lowest BCUT2D eigenvalue weighted by atomic mass is 10.3. The maximum Gasteiger partial charge on any atom is 0.267 e. The molecule has 0 aliphatic carbocycles. The number of carbonyl (C=O) groups excluding carboxylic acids is 1. The van der Waals surface area contributed by atoms with Gasteiger partial charge in [0.1, 0.15) is 10.7 Å². The molecule has 1 unspecified atom stereocenters. The smallest absolute Gasteiger partial charge is 0.267 e. The summed E-state index contributed by atoms with van der Waals surface area (Å²) in [7, 11) is 1.81. The van der Waals surface area contributed by atoms with Crippen LogP contribution in [0.25, 0.3) is 0 Å². The van der Waals surface area contributed by atoms with Gasteiger partial charge in [-0.05, 0) is 19.6 Å². The molecule has 5 nitrogen and oxygen atoms in total. The fourth-order valence-corrected chi connectivity index (χ4v) is 3.11. The van der Waals surface area contributed by atoms with Gasteiger partial charge in [0.15, 0.2) is 5.13 Å². The minimum absolute atomic E-state index is 0.0545. The summed E-state index contributed by atoms with van der Waals surface area (Å²) in [4.78, 5) is 18.8. The molecular weight excluding hydrogens is 280 g/mol. The first-order valence-corrected chi connectivity index (χ1v) is 8.48. The number of aromatic nitrogens is 1. The minimum Gasteiger partial charge on any atom is -0.382 e. The zero-order valence-corrected chi connectivity index (χ0v) is 13.5. The van der Waals surface area contributed by atoms with Gasteiger partial charge in [-0.15, -0.1) is 0 Å². The predicted octanol–water partition coefficient (Wildman–Crippen LogP) is 2.37. The molecule has 0 aliphatic rings. The van der Waals surface area contributed by atoms with E-state index in [9.17, 15) is 4.79 Å². The van der Waals surface area contributed by atoms with Crippen molar-refractivity contribution in [2.24, 2.45) is 0 Å². The molecule has 7 heteroatoms. The van der Waals surface area contributed by atoms with Crippen molar-refractivity contribution in [2.75, 3.05) is 36.7 Å². The van der Waals surface area contributed by atoms with Gasteiger partial charge in [0.25, 0.3) is 5.91 Å². The van der Waals surface area contributed by atoms with E-state index in [1.165, 1.54) is 11.3 Å². The third-order valence-corrected chi connectivity index (χ3v) is 4.60. The molecule has 0 fully saturated rings. The van der Waals surface area contributed by atoms with Crippen LogP contribution in [0.4, 0.5) is 10.9 Å². The molecule has 0 saturated heterocycles. The van der Waals surface area contributed by atoms with Crippen LogP contribution in [-0.4, -0.2) is 47.4 Å². The summed E-state index contributed by atoms with van der Waals surface area (Å²) in [5.41, 5.74) is 5.83. The van der Waals surface area contributed by atoms with Gasteiger partial charge in [0.2, 0.25) is 0 Å². The quantitative estimate of drug-likeness (QED) is 0.809. The van der Waals surface area contributed by atoms with Crippen LogP contribution in [-0.2, 0) is 0 Å². The van der Waals surface area contributed by atoms with Crippen molar-refractivity contribution in [1.29, 1.82) is 0 Å². The van der Waals surface area contributed by atoms with E-state index in [1.54, 1.807) is 16.7 Å². The highest BCUT2D eigenvalue weighted by Crippen LogP contribution is 2.26. The predicted molar refractivity (Wildman–Crippen MR) is 85.2 cm³/mol. The summed E-state index contributed by atoms with van der Waals surface area (Å²) in [6.07, 6.45) is 3.04. The second-order valence-corrected chi connectivity index (χ2v) is 6.29. The number of hydrogen-bond donors (Lipinski definition) is 2. The molecule has 0 aliphatic heterocycles. The Labute approximate surface area is 123 Å². The number of carbonyl (C=O) groups is 1. The Balaban J connectivity index is 2.78. The topological polar surface area (TPSA) is 71.2 Å². The van der Waals surface area contributed by atoms with Gasteiger partial charge in [-0.1, -0.05) is 18.3 Å². The molecule has 1 rings (SSSR count). The van der Waals surface area contributed by atoms with Gasteiger partial charge in [0.05, 0.1) is 0 Å². The number of hydrogen-bond acceptors (Lipinski definition) is 6. The molecule has 1 aromatic heterocycles. The van der Waals surface area contributed by atoms with Crippen LogP contribution in [0, 0.1) is 0 Å². The highest BCUT2D eigenvalue weighted by Gasteiger charge is 2.22. The van der Waals surface area contributed by atoms with Crippen LogP contribution in [0.1, 0.15) is 29.9 Å². The van der Waals surface area contributed by atoms with Crippen molar-refractivity contribution in [3.8, 4) is 0 Å². The molecule has 1 aromatic rings. The fraction of sp³-hybridized carbons (Fsp3) is 0.667. The Morgan fingerprint density at radius 2 is 2.32 bits per heavy atom. The lowest BCUT2D eigenvalue weighted by Gasteiger charge is -2.23. The van der Waals surface area contributed by atoms with Crippen LogP contribution < -0.4 is 11.1 Å². The lowest BCUT2D eigenvalue weighted by molar-refractivity contribution is 0.0763. The van der Waals surface area contributed by atoms with Gasteiger partial charge < -0.3 is 16.0 Å². The van der Waals surface area contributed by atoms with Crippen molar-refractivity contribution in [1.82, 2.24) is 9.88 Å². The standard InChI is InChI=1S/C12H22N4OS2/c1-5-6-14-12-15-10(13)9(19-12)11(17)16(3)8(2)7-18-4/h8H,5-7,13H2,1-4H3,(H,14,15). The molecule has 3 N–H and O–H groups in total. The second-order valence-electron chi connectivity index (χ2n) is 4.38. The highest BCUT2D eigenvalue weighted by atomic mass is 32.2. The first-order chi connectivity index (χ1) is 9.01. The van der Waals surface area contributed by atoms with E-state index >= 15 is 0 Å². The molecule has 108 valence electrons. The number of anilines is 2. The Bertz CT molecular complexity index is 422. The normalized spacial score (nSPS) is 12.2. The van der Waals surface area contributed by atoms with Gasteiger partial charge in [-0.2, -0.15) is 11.8 Å². The van der Waals surface area contributed by atoms with Crippen LogP contribution in [0.15, 0.2) is 0 Å². The number of thiazole rings is 1. The van der Waals surface area contributed by atoms with Gasteiger partial charge in [-0.3, -0.25) is 4.79 Å². The Hall–Kier alpha value is -0.950. The largest absolute Gasteiger partial charge is 0.382 e. The van der Waals surface area contributed by atoms with Crippen LogP contribution in [0.2, 0.25) is 0 Å². The lowest BCUT2D eigenvalue weighted by Crippen LogP contribution is -2.36. The summed E-state index contributed by atoms with van der Waals surface area (Å²) in [6, 6.07) is 0.177. The SMILES string of the molecule is CCCNc1nc(N)c(C(=O)N(C)C(C)CSC)s1. The molecule has 1 heterocycles. The monoisotopic (exact) mass is 302 g/mol. The van der Waals surface area contributed by atoms with Crippen LogP contribution in [0.5, 0.6) is 0 Å². The number of nitrogens with two attached hydrogens (primary N) is 1. The Kier molecular flexibility index (Phi) is 6.44. The van der Waals surface area contributed by atoms with Crippen molar-refractivity contribution >= 4 is 40.0 Å². The molecule has 0 spiro atoms. The van der Waals surface area contributed by atoms with E-state index < -0.39 is 0 Å². The van der Waals surface area contributed by atoms with Crippen molar-refractivity contribution in [3.05, 3.63) is 4.88 Å². The first-order valence-electron chi connectivity index (χ1n) is 6.27. The van der Waals surface area contributed by atoms with E-state index in [0.717, 1.165) is 18.7 Å². The zero-order valence-electron chi connectivity index (χ0n) is 11.9. The number of nitrogen functional groups attached to an aromatic ring is 1. The van der Waals surface area contributed by atoms with Crippen molar-refractivity contribution < 1.29 is 4.79 Å². The molecule has 1 atom stereocenters. The van der Waals surface area contributed by atoms with E-state index in [0.29, 0.717) is 15.8 Å². The van der Waals surface area contributed by atoms with Gasteiger partial charge in [0, 0.05) is 25.4 Å². The average Bonchev–Trinajstić information content (AvgIpc) is 2.76. The Morgan fingerprint density at radius 3 is 2.89 bits per heavy atom. The molecule has 0 bridgehead atoms. The highest BCUT2D eigenvalue weighted by molar-refractivity contribution is 7.98. The summed E-state index contributed by atoms with van der Waals surface area (Å²) in [6.45, 7) is 4.94. The number of amides is 1. The zero-order chi connectivity index (χ0) is 14.4. The van der Waals surface area contributed by atoms with Gasteiger partial charge in [-0.25, -0.2) is 4.98 Å². The van der Waals surface area contributed by atoms with Gasteiger partial charge >= 0.3 is 0 Å². The van der Waals surface area contributed by atoms with Crippen molar-refractivity contribution in [3.63, 3.8) is 0 Å². The maximum atomic E-state index is 12.3. The van der Waals surface area contributed by atoms with Crippen molar-refractivity contribution in [2.45, 2.75) is 26.3 Å². The first kappa shape index (κ1) is 16.1. The minimum atomic E-state index is -0.0545. The summed E-state index contributed by atoms with van der Waals surface area (Å²) in [5.74, 6) is 1.17. The molecular formula is C12H22N4OS2. The van der Waals surface area contributed by atoms with E-state index in [2.05, 4.69) is 17.2 Å². The second kappa shape index (κ2) is 7.59. The Morgan fingerprint density at radius 1 is 1.63 bits per heavy atom. The molecule has 1 amide bonds. The number of rotatable bonds is 7. The average molecular weight is 302 g/mol. The van der Waals surface area contributed by atoms with E-state index in [4.69, 9.17) is 5.73 Å². The van der Waals surface area contributed by atoms with Crippen LogP contribution in [0.3, 0.4) is 0 Å². The third kappa shape index (κ3) is 4.28. The molecule has 0 saturated carbocycles. The molecule has 0 aromatic carbocycles. The summed E-state index contributed by atoms with van der Waals surface area (Å²) >= 11 is 3.05.